The van der Waals surface area contributed by atoms with Crippen LogP contribution in [-0.2, 0) is 44.8 Å². The molecule has 81 heavy (non-hydrogen) atoms. The molecule has 22 nitrogen and oxygen atoms in total. The zero-order chi connectivity index (χ0) is 60.8. The van der Waals surface area contributed by atoms with E-state index in [4.69, 9.17) is 15.2 Å². The average Bonchev–Trinajstić information content (AvgIpc) is 3.94. The zero-order valence-electron chi connectivity index (χ0n) is 50.3. The molecule has 1 aliphatic heterocycles. The lowest BCUT2D eigenvalue weighted by atomic mass is 9.86. The Labute approximate surface area is 480 Å². The number of hydrogen-bond acceptors (Lipinski definition) is 13. The summed E-state index contributed by atoms with van der Waals surface area (Å²) in [6.45, 7) is 20.4. The topological polar surface area (TPSA) is 303 Å². The van der Waals surface area contributed by atoms with Gasteiger partial charge in [0.2, 0.25) is 35.4 Å². The molecule has 3 rings (SSSR count). The van der Waals surface area contributed by atoms with Crippen LogP contribution in [0.4, 0.5) is 15.3 Å². The number of urea groups is 1. The van der Waals surface area contributed by atoms with E-state index in [0.717, 1.165) is 6.42 Å². The van der Waals surface area contributed by atoms with E-state index in [9.17, 15) is 48.6 Å². The minimum Gasteiger partial charge on any atom is -0.445 e. The number of rotatable bonds is 32. The molecule has 454 valence electrons. The first-order valence-corrected chi connectivity index (χ1v) is 28.6. The number of primary amides is 1. The summed E-state index contributed by atoms with van der Waals surface area (Å²) < 4.78 is 11.7. The fourth-order valence-electron chi connectivity index (χ4n) is 10.6. The highest BCUT2D eigenvalue weighted by Gasteiger charge is 2.43. The number of carbonyl (C=O) groups excluding carboxylic acids is 8. The quantitative estimate of drug-likeness (QED) is 0.0357. The number of nitrogens with two attached hydrogens (primary N) is 1. The van der Waals surface area contributed by atoms with Gasteiger partial charge in [-0.1, -0.05) is 118 Å². The number of amides is 9. The lowest BCUT2D eigenvalue weighted by Crippen LogP contribution is -2.60. The maximum atomic E-state index is 14.7. The Kier molecular flexibility index (Phi) is 28.5. The highest BCUT2D eigenvalue weighted by Crippen LogP contribution is 2.32. The predicted octanol–water partition coefficient (Wildman–Crippen LogP) is 4.64. The zero-order valence-corrected chi connectivity index (χ0v) is 50.3. The van der Waals surface area contributed by atoms with E-state index in [1.54, 1.807) is 70.8 Å². The molecule has 12 atom stereocenters. The van der Waals surface area contributed by atoms with Crippen LogP contribution in [0.2, 0.25) is 0 Å². The minimum absolute atomic E-state index is 0.0269. The molecule has 0 saturated carbocycles. The third-order valence-electron chi connectivity index (χ3n) is 15.8. The van der Waals surface area contributed by atoms with E-state index in [2.05, 4.69) is 31.9 Å². The Bertz CT molecular complexity index is 2340. The van der Waals surface area contributed by atoms with Gasteiger partial charge in [-0.05, 0) is 85.5 Å². The van der Waals surface area contributed by atoms with Crippen molar-refractivity contribution in [1.82, 2.24) is 41.3 Å². The first kappa shape index (κ1) is 68.9. The number of nitrogens with zero attached hydrogens (tertiary/aromatic N) is 3. The Morgan fingerprint density at radius 2 is 1.41 bits per heavy atom. The Morgan fingerprint density at radius 1 is 0.778 bits per heavy atom. The number of aliphatic hydroxyl groups is 2. The molecule has 1 fully saturated rings. The summed E-state index contributed by atoms with van der Waals surface area (Å²) in [5.74, 6) is -4.14. The van der Waals surface area contributed by atoms with Gasteiger partial charge in [-0.15, -0.1) is 0 Å². The third-order valence-corrected chi connectivity index (χ3v) is 15.8. The highest BCUT2D eigenvalue weighted by atomic mass is 16.6. The molecule has 0 radical (unpaired) electrons. The van der Waals surface area contributed by atoms with Gasteiger partial charge in [0.15, 0.2) is 0 Å². The number of aliphatic hydroxyl groups excluding tert-OH is 2. The van der Waals surface area contributed by atoms with Crippen LogP contribution in [0.15, 0.2) is 54.6 Å². The van der Waals surface area contributed by atoms with Gasteiger partial charge < -0.3 is 61.8 Å². The van der Waals surface area contributed by atoms with Crippen LogP contribution in [0.3, 0.4) is 0 Å². The van der Waals surface area contributed by atoms with E-state index in [0.29, 0.717) is 42.6 Å². The fourth-order valence-corrected chi connectivity index (χ4v) is 10.6. The molecule has 0 aliphatic carbocycles. The molecular weight excluding hydrogens is 1040 g/mol. The maximum absolute atomic E-state index is 14.7. The van der Waals surface area contributed by atoms with Crippen LogP contribution in [0.25, 0.3) is 0 Å². The van der Waals surface area contributed by atoms with E-state index in [1.807, 2.05) is 76.8 Å². The van der Waals surface area contributed by atoms with Gasteiger partial charge in [0.05, 0.1) is 43.5 Å². The smallest absolute Gasteiger partial charge is 0.410 e. The normalized spacial score (nSPS) is 17.5. The van der Waals surface area contributed by atoms with E-state index < -0.39 is 103 Å². The second-order valence-corrected chi connectivity index (χ2v) is 22.7. The molecule has 1 unspecified atom stereocenters. The van der Waals surface area contributed by atoms with Crippen LogP contribution in [0.5, 0.6) is 0 Å². The number of benzene rings is 2. The first-order chi connectivity index (χ1) is 38.2. The monoisotopic (exact) mass is 1140 g/mol. The summed E-state index contributed by atoms with van der Waals surface area (Å²) in [5.41, 5.74) is 6.83. The standard InChI is InChI=1S/C59H96N10O12/c1-15-37(8)51(46(80-14)31-47(71)69-30-20-24-45(69)38(9)39(10)53(73)63-40(11)52(72)42-21-17-16-18-22-42)67(12)57(77)49(35(4)5)66-56(76)50(36(6)7)68(13)59(79)81-32-41-25-27-43(28-26-41)64-54(74)44(23-19-29-61-58(60)78)65-55(75)48(34(2)3)62-33-70/h16-18,21-22,25-28,34-40,44-46,48-52,62,70,72H,15,19-20,23-24,29-33H2,1-14H3,(H,63,73)(H,64,74)(H,65,75)(H,66,76)(H3,60,61,78)/t37-,38+,39+,40+,44-,45-,46+,48-,49-,50-,51?,52+/m0/s1. The number of anilines is 1. The van der Waals surface area contributed by atoms with Gasteiger partial charge in [0.25, 0.3) is 0 Å². The molecule has 10 N–H and O–H groups in total. The summed E-state index contributed by atoms with van der Waals surface area (Å²) in [6, 6.07) is 9.74. The highest BCUT2D eigenvalue weighted by molar-refractivity contribution is 5.98. The van der Waals surface area contributed by atoms with Gasteiger partial charge in [-0.3, -0.25) is 39.0 Å². The van der Waals surface area contributed by atoms with Crippen molar-refractivity contribution in [2.45, 2.75) is 176 Å². The molecule has 2 aromatic rings. The summed E-state index contributed by atoms with van der Waals surface area (Å²) >= 11 is 0. The van der Waals surface area contributed by atoms with Crippen molar-refractivity contribution in [2.75, 3.05) is 46.3 Å². The molecule has 2 aromatic carbocycles. The van der Waals surface area contributed by atoms with Crippen LogP contribution >= 0.6 is 0 Å². The van der Waals surface area contributed by atoms with Crippen molar-refractivity contribution in [2.24, 2.45) is 41.2 Å². The van der Waals surface area contributed by atoms with E-state index in [1.165, 1.54) is 19.1 Å². The summed E-state index contributed by atoms with van der Waals surface area (Å²) in [7, 11) is 4.63. The van der Waals surface area contributed by atoms with Crippen LogP contribution in [0.1, 0.15) is 132 Å². The van der Waals surface area contributed by atoms with Crippen molar-refractivity contribution in [3.63, 3.8) is 0 Å². The molecule has 22 heteroatoms. The Balaban J connectivity index is 1.69. The summed E-state index contributed by atoms with van der Waals surface area (Å²) in [6.07, 6.45) is 0.186. The van der Waals surface area contributed by atoms with Crippen LogP contribution in [0, 0.1) is 35.5 Å². The number of ether oxygens (including phenoxy) is 2. The van der Waals surface area contributed by atoms with Gasteiger partial charge in [0, 0.05) is 51.9 Å². The number of methoxy groups -OCH3 is 1. The van der Waals surface area contributed by atoms with Crippen molar-refractivity contribution in [3.05, 3.63) is 65.7 Å². The Morgan fingerprint density at radius 3 is 1.96 bits per heavy atom. The van der Waals surface area contributed by atoms with E-state index >= 15 is 0 Å². The molecule has 1 heterocycles. The SMILES string of the molecule is CC[C@H](C)C([C@@H](CC(=O)N1CCC[C@H]1[C@H](C)[C@@H](C)C(=O)N[C@H](C)[C@@H](O)c1ccccc1)OC)N(C)C(=O)[C@@H](NC(=O)[C@H](C(C)C)N(C)C(=O)OCc1ccc(NC(=O)[C@H](CCCNC(N)=O)NC(=O)[C@@H](NCO)C(C)C)cc1)C(C)C. The van der Waals surface area contributed by atoms with Gasteiger partial charge in [-0.2, -0.15) is 0 Å². The second kappa shape index (κ2) is 33.5. The molecule has 1 saturated heterocycles. The third kappa shape index (κ3) is 20.2. The molecular formula is C59H96N10O12. The Hall–Kier alpha value is -6.36. The lowest BCUT2D eigenvalue weighted by Gasteiger charge is -2.41. The predicted molar refractivity (Wildman–Crippen MR) is 310 cm³/mol. The molecule has 0 aromatic heterocycles. The summed E-state index contributed by atoms with van der Waals surface area (Å²) in [4.78, 5) is 113. The second-order valence-electron chi connectivity index (χ2n) is 22.7. The van der Waals surface area contributed by atoms with Gasteiger partial charge in [-0.25, -0.2) is 9.59 Å². The van der Waals surface area contributed by atoms with Crippen molar-refractivity contribution in [3.8, 4) is 0 Å². The lowest BCUT2D eigenvalue weighted by molar-refractivity contribution is -0.146. The van der Waals surface area contributed by atoms with Crippen LogP contribution < -0.4 is 37.6 Å². The largest absolute Gasteiger partial charge is 0.445 e. The van der Waals surface area contributed by atoms with Crippen molar-refractivity contribution < 1.29 is 58.0 Å². The molecule has 0 bridgehead atoms. The van der Waals surface area contributed by atoms with Crippen molar-refractivity contribution in [1.29, 1.82) is 0 Å². The number of likely N-dealkylation sites (N-methyl/N-ethyl adjacent to an activating group) is 2. The number of carbonyl (C=O) groups is 8. The number of likely N-dealkylation sites (tertiary alicyclic amines) is 1. The average molecular weight is 1140 g/mol. The number of nitrogens with one attached hydrogen (secondary N) is 6. The molecule has 1 aliphatic rings. The maximum Gasteiger partial charge on any atom is 0.410 e. The molecule has 0 spiro atoms. The van der Waals surface area contributed by atoms with E-state index in [-0.39, 0.29) is 67.5 Å². The molecule has 9 amide bonds. The first-order valence-electron chi connectivity index (χ1n) is 28.6. The fraction of sp³-hybridized carbons (Fsp3) is 0.661. The number of hydrogen-bond donors (Lipinski definition) is 9. The van der Waals surface area contributed by atoms with Crippen LogP contribution in [-0.4, -0.2) is 162 Å². The minimum atomic E-state index is -1.05. The van der Waals surface area contributed by atoms with Gasteiger partial charge in [0.1, 0.15) is 24.7 Å². The van der Waals surface area contributed by atoms with Gasteiger partial charge >= 0.3 is 12.1 Å². The summed E-state index contributed by atoms with van der Waals surface area (Å²) in [5, 5.41) is 36.9. The van der Waals surface area contributed by atoms with Crippen molar-refractivity contribution >= 4 is 53.3 Å².